The summed E-state index contributed by atoms with van der Waals surface area (Å²) in [5, 5.41) is 32.9. The van der Waals surface area contributed by atoms with Crippen molar-refractivity contribution in [3.05, 3.63) is 41.0 Å². The van der Waals surface area contributed by atoms with E-state index in [2.05, 4.69) is 0 Å². The summed E-state index contributed by atoms with van der Waals surface area (Å²) in [6, 6.07) is 5.48. The van der Waals surface area contributed by atoms with Crippen LogP contribution < -0.4 is 69.3 Å². The molecule has 0 fully saturated rings. The third-order valence-corrected chi connectivity index (χ3v) is 3.37. The van der Waals surface area contributed by atoms with E-state index in [1.807, 2.05) is 20.8 Å². The predicted molar refractivity (Wildman–Crippen MR) is 73.0 cm³/mol. The third kappa shape index (κ3) is 4.50. The van der Waals surface area contributed by atoms with Crippen molar-refractivity contribution in [1.82, 2.24) is 0 Å². The summed E-state index contributed by atoms with van der Waals surface area (Å²) < 4.78 is 0. The van der Waals surface area contributed by atoms with Gasteiger partial charge in [0, 0.05) is 10.9 Å². The predicted octanol–water partition coefficient (Wildman–Crippen LogP) is -5.42. The van der Waals surface area contributed by atoms with Crippen LogP contribution in [0.15, 0.2) is 24.3 Å². The smallest absolute Gasteiger partial charge is 0.545 e. The molecule has 2 aromatic rings. The molecule has 2 rings (SSSR count). The minimum Gasteiger partial charge on any atom is -0.545 e. The SMILES string of the molecule is CC(C)(C)c1cc(C(=O)[O-])c(O)c2cc(C(=O)[O-])ccc12.[Na+].[Na+]. The molecule has 0 bridgehead atoms. The number of carbonyl (C=O) groups excluding carboxylic acids is 2. The Morgan fingerprint density at radius 2 is 1.52 bits per heavy atom. The molecule has 0 aliphatic heterocycles. The van der Waals surface area contributed by atoms with Crippen LogP contribution in [0.1, 0.15) is 47.1 Å². The first kappa shape index (κ1) is 22.4. The molecular formula is C16H14Na2O5. The Bertz CT molecular complexity index is 763. The Hall–Kier alpha value is -0.560. The van der Waals surface area contributed by atoms with Crippen LogP contribution in [0.5, 0.6) is 5.75 Å². The van der Waals surface area contributed by atoms with Gasteiger partial charge in [0.15, 0.2) is 0 Å². The Morgan fingerprint density at radius 3 is 1.96 bits per heavy atom. The van der Waals surface area contributed by atoms with Gasteiger partial charge in [-0.25, -0.2) is 0 Å². The summed E-state index contributed by atoms with van der Waals surface area (Å²) in [4.78, 5) is 22.1. The molecule has 7 heteroatoms. The van der Waals surface area contributed by atoms with Gasteiger partial charge < -0.3 is 24.9 Å². The minimum atomic E-state index is -1.52. The van der Waals surface area contributed by atoms with Crippen LogP contribution >= 0.6 is 0 Å². The van der Waals surface area contributed by atoms with Crippen LogP contribution in [0.2, 0.25) is 0 Å². The first-order valence-corrected chi connectivity index (χ1v) is 6.36. The van der Waals surface area contributed by atoms with Crippen LogP contribution in [0.3, 0.4) is 0 Å². The molecule has 1 N–H and O–H groups in total. The number of aromatic carboxylic acids is 2. The van der Waals surface area contributed by atoms with E-state index in [9.17, 15) is 24.9 Å². The molecule has 0 unspecified atom stereocenters. The Morgan fingerprint density at radius 1 is 0.957 bits per heavy atom. The molecule has 0 saturated heterocycles. The first-order chi connectivity index (χ1) is 9.62. The van der Waals surface area contributed by atoms with E-state index in [0.29, 0.717) is 10.9 Å². The fourth-order valence-electron chi connectivity index (χ4n) is 2.31. The van der Waals surface area contributed by atoms with E-state index in [4.69, 9.17) is 0 Å². The summed E-state index contributed by atoms with van der Waals surface area (Å²) >= 11 is 0. The van der Waals surface area contributed by atoms with Crippen molar-refractivity contribution >= 4 is 22.7 Å². The quantitative estimate of drug-likeness (QED) is 0.553. The van der Waals surface area contributed by atoms with Crippen LogP contribution in [0.25, 0.3) is 10.8 Å². The Balaban J connectivity index is 0.00000242. The van der Waals surface area contributed by atoms with Crippen LogP contribution in [0.4, 0.5) is 0 Å². The topological polar surface area (TPSA) is 100 Å². The maximum Gasteiger partial charge on any atom is 1.00 e. The molecule has 0 amide bonds. The average molecular weight is 332 g/mol. The minimum absolute atomic E-state index is 0. The zero-order valence-electron chi connectivity index (χ0n) is 13.9. The van der Waals surface area contributed by atoms with E-state index >= 15 is 0 Å². The normalized spacial score (nSPS) is 10.6. The molecule has 0 aliphatic rings. The molecule has 0 radical (unpaired) electrons. The monoisotopic (exact) mass is 332 g/mol. The molecule has 0 aliphatic carbocycles. The summed E-state index contributed by atoms with van der Waals surface area (Å²) in [6.45, 7) is 5.68. The zero-order chi connectivity index (χ0) is 15.9. The first-order valence-electron chi connectivity index (χ1n) is 6.36. The summed E-state index contributed by atoms with van der Waals surface area (Å²) in [7, 11) is 0. The van der Waals surface area contributed by atoms with Crippen LogP contribution in [0, 0.1) is 0 Å². The van der Waals surface area contributed by atoms with Crippen LogP contribution in [-0.2, 0) is 5.41 Å². The van der Waals surface area contributed by atoms with Gasteiger partial charge in [0.2, 0.25) is 0 Å². The molecule has 0 atom stereocenters. The maximum atomic E-state index is 11.2. The van der Waals surface area contributed by atoms with Crippen LogP contribution in [-0.4, -0.2) is 17.0 Å². The van der Waals surface area contributed by atoms with Crippen molar-refractivity contribution in [3.8, 4) is 5.75 Å². The second-order valence-corrected chi connectivity index (χ2v) is 5.91. The molecule has 110 valence electrons. The number of aromatic hydroxyl groups is 1. The molecule has 5 nitrogen and oxygen atoms in total. The number of carbonyl (C=O) groups is 2. The Kier molecular flexibility index (Phi) is 7.82. The third-order valence-electron chi connectivity index (χ3n) is 3.37. The molecule has 0 heterocycles. The fourth-order valence-corrected chi connectivity index (χ4v) is 2.31. The fraction of sp³-hybridized carbons (Fsp3) is 0.250. The van der Waals surface area contributed by atoms with E-state index < -0.39 is 17.7 Å². The van der Waals surface area contributed by atoms with Crippen molar-refractivity contribution in [2.24, 2.45) is 0 Å². The van der Waals surface area contributed by atoms with Crippen molar-refractivity contribution < 1.29 is 84.0 Å². The molecule has 0 aromatic heterocycles. The van der Waals surface area contributed by atoms with Gasteiger partial charge in [0.1, 0.15) is 5.75 Å². The summed E-state index contributed by atoms with van der Waals surface area (Å²) in [6.07, 6.45) is 0. The summed E-state index contributed by atoms with van der Waals surface area (Å²) in [5.41, 5.74) is -0.199. The van der Waals surface area contributed by atoms with Gasteiger partial charge in [-0.15, -0.1) is 0 Å². The molecule has 23 heavy (non-hydrogen) atoms. The second-order valence-electron chi connectivity index (χ2n) is 5.91. The number of hydrogen-bond acceptors (Lipinski definition) is 5. The van der Waals surface area contributed by atoms with Gasteiger partial charge in [-0.2, -0.15) is 0 Å². The van der Waals surface area contributed by atoms with E-state index in [0.717, 1.165) is 0 Å². The number of benzene rings is 2. The van der Waals surface area contributed by atoms with Crippen molar-refractivity contribution in [2.45, 2.75) is 26.2 Å². The Labute approximate surface area is 178 Å². The number of hydrogen-bond donors (Lipinski definition) is 1. The van der Waals surface area contributed by atoms with Gasteiger partial charge in [-0.1, -0.05) is 32.9 Å². The van der Waals surface area contributed by atoms with Gasteiger partial charge >= 0.3 is 59.1 Å². The van der Waals surface area contributed by atoms with E-state index in [1.165, 1.54) is 18.2 Å². The largest absolute Gasteiger partial charge is 1.00 e. The van der Waals surface area contributed by atoms with Gasteiger partial charge in [-0.05, 0) is 34.1 Å². The number of phenols is 1. The van der Waals surface area contributed by atoms with Gasteiger partial charge in [0.25, 0.3) is 0 Å². The molecule has 0 saturated carbocycles. The number of carboxylic acids is 2. The maximum absolute atomic E-state index is 11.2. The molecule has 2 aromatic carbocycles. The average Bonchev–Trinajstić information content (AvgIpc) is 2.36. The number of carboxylic acid groups (broad SMARTS) is 2. The van der Waals surface area contributed by atoms with Gasteiger partial charge in [-0.3, -0.25) is 0 Å². The zero-order valence-corrected chi connectivity index (χ0v) is 17.9. The van der Waals surface area contributed by atoms with E-state index in [-0.39, 0.29) is 81.0 Å². The molecular weight excluding hydrogens is 318 g/mol. The number of fused-ring (bicyclic) bond motifs is 1. The summed E-state index contributed by atoms with van der Waals surface area (Å²) in [5.74, 6) is -3.41. The number of rotatable bonds is 2. The second kappa shape index (κ2) is 8.01. The molecule has 0 spiro atoms. The van der Waals surface area contributed by atoms with Gasteiger partial charge in [0.05, 0.1) is 11.9 Å². The standard InChI is InChI=1S/C16H16O5.2Na/c1-16(2,3)12-7-11(15(20)21)13(17)10-6-8(14(18)19)4-5-9(10)12;;/h4-7,17H,1-3H3,(H,18,19)(H,20,21);;/q;2*+1/p-2. The van der Waals surface area contributed by atoms with Crippen molar-refractivity contribution in [1.29, 1.82) is 0 Å². The van der Waals surface area contributed by atoms with Crippen molar-refractivity contribution in [3.63, 3.8) is 0 Å². The van der Waals surface area contributed by atoms with Crippen molar-refractivity contribution in [2.75, 3.05) is 0 Å². The van der Waals surface area contributed by atoms with E-state index in [1.54, 1.807) is 6.07 Å².